The van der Waals surface area contributed by atoms with Gasteiger partial charge >= 0.3 is 5.97 Å². The summed E-state index contributed by atoms with van der Waals surface area (Å²) in [5.41, 5.74) is 1.55. The Morgan fingerprint density at radius 2 is 1.92 bits per heavy atom. The molecule has 3 rings (SSSR count). The predicted molar refractivity (Wildman–Crippen MR) is 99.1 cm³/mol. The topological polar surface area (TPSA) is 72.0 Å². The molecule has 0 amide bonds. The van der Waals surface area contributed by atoms with Crippen molar-refractivity contribution in [3.63, 3.8) is 0 Å². The molecular formula is C19H13Cl2NO4. The van der Waals surface area contributed by atoms with Crippen LogP contribution in [-0.4, -0.2) is 17.4 Å². The van der Waals surface area contributed by atoms with Gasteiger partial charge in [-0.15, -0.1) is 0 Å². The Morgan fingerprint density at radius 1 is 1.12 bits per heavy atom. The molecule has 0 radical (unpaired) electrons. The van der Waals surface area contributed by atoms with E-state index in [1.807, 2.05) is 6.07 Å². The molecular weight excluding hydrogens is 377 g/mol. The van der Waals surface area contributed by atoms with Crippen LogP contribution in [0.1, 0.15) is 21.7 Å². The van der Waals surface area contributed by atoms with Crippen molar-refractivity contribution in [2.45, 2.75) is 6.61 Å². The summed E-state index contributed by atoms with van der Waals surface area (Å²) >= 11 is 12.2. The van der Waals surface area contributed by atoms with Gasteiger partial charge in [0, 0.05) is 16.1 Å². The van der Waals surface area contributed by atoms with Crippen LogP contribution in [0, 0.1) is 0 Å². The molecule has 7 heteroatoms. The molecule has 1 N–H and O–H groups in total. The van der Waals surface area contributed by atoms with Crippen LogP contribution >= 0.6 is 23.2 Å². The molecule has 0 aliphatic heterocycles. The summed E-state index contributed by atoms with van der Waals surface area (Å²) in [6, 6.07) is 15.3. The summed E-state index contributed by atoms with van der Waals surface area (Å²) in [4.78, 5) is 12.4. The van der Waals surface area contributed by atoms with Crippen LogP contribution in [0.3, 0.4) is 0 Å². The molecule has 0 unspecified atom stereocenters. The van der Waals surface area contributed by atoms with E-state index in [0.717, 1.165) is 6.21 Å². The fourth-order valence-corrected chi connectivity index (χ4v) is 2.69. The van der Waals surface area contributed by atoms with Gasteiger partial charge in [0.2, 0.25) is 0 Å². The maximum absolute atomic E-state index is 12.4. The molecule has 0 spiro atoms. The van der Waals surface area contributed by atoms with Gasteiger partial charge in [-0.05, 0) is 36.4 Å². The van der Waals surface area contributed by atoms with E-state index in [0.29, 0.717) is 27.7 Å². The zero-order chi connectivity index (χ0) is 18.5. The van der Waals surface area contributed by atoms with E-state index in [2.05, 4.69) is 5.16 Å². The van der Waals surface area contributed by atoms with Crippen LogP contribution in [0.2, 0.25) is 10.0 Å². The molecule has 0 saturated carbocycles. The molecule has 5 nitrogen and oxygen atoms in total. The standard InChI is InChI=1S/C19H13Cl2NO4/c20-16-4-2-1-3-13(16)11-25-19(23)15-9-12(5-7-17(15)21)18-8-6-14(26-18)10-22-24/h1-10,24H,11H2/b22-10+. The average molecular weight is 390 g/mol. The van der Waals surface area contributed by atoms with Crippen LogP contribution in [0.25, 0.3) is 11.3 Å². The second-order valence-electron chi connectivity index (χ2n) is 5.31. The number of benzene rings is 2. The van der Waals surface area contributed by atoms with Crippen LogP contribution in [-0.2, 0) is 11.3 Å². The van der Waals surface area contributed by atoms with Crippen LogP contribution in [0.15, 0.2) is 64.2 Å². The number of oxime groups is 1. The third-order valence-electron chi connectivity index (χ3n) is 3.60. The molecule has 0 saturated heterocycles. The largest absolute Gasteiger partial charge is 0.457 e. The maximum Gasteiger partial charge on any atom is 0.340 e. The van der Waals surface area contributed by atoms with Crippen molar-refractivity contribution in [3.05, 3.63) is 81.5 Å². The van der Waals surface area contributed by atoms with Gasteiger partial charge in [0.1, 0.15) is 24.3 Å². The summed E-state index contributed by atoms with van der Waals surface area (Å²) in [5, 5.41) is 12.2. The Balaban J connectivity index is 1.80. The van der Waals surface area contributed by atoms with Crippen molar-refractivity contribution >= 4 is 35.4 Å². The highest BCUT2D eigenvalue weighted by Gasteiger charge is 2.15. The van der Waals surface area contributed by atoms with Crippen molar-refractivity contribution in [1.29, 1.82) is 0 Å². The third-order valence-corrected chi connectivity index (χ3v) is 4.30. The normalized spacial score (nSPS) is 11.0. The van der Waals surface area contributed by atoms with Crippen molar-refractivity contribution in [3.8, 4) is 11.3 Å². The number of hydrogen-bond donors (Lipinski definition) is 1. The summed E-state index contributed by atoms with van der Waals surface area (Å²) in [7, 11) is 0. The van der Waals surface area contributed by atoms with Gasteiger partial charge in [-0.25, -0.2) is 4.79 Å². The van der Waals surface area contributed by atoms with E-state index in [-0.39, 0.29) is 17.2 Å². The second kappa shape index (κ2) is 8.08. The number of carbonyl (C=O) groups is 1. The zero-order valence-electron chi connectivity index (χ0n) is 13.4. The van der Waals surface area contributed by atoms with Crippen molar-refractivity contribution in [1.82, 2.24) is 0 Å². The quantitative estimate of drug-likeness (QED) is 0.273. The molecule has 0 aliphatic carbocycles. The molecule has 132 valence electrons. The minimum Gasteiger partial charge on any atom is -0.457 e. The monoisotopic (exact) mass is 389 g/mol. The minimum absolute atomic E-state index is 0.0386. The molecule has 0 fully saturated rings. The summed E-state index contributed by atoms with van der Waals surface area (Å²) in [6.07, 6.45) is 1.16. The number of rotatable bonds is 5. The van der Waals surface area contributed by atoms with Crippen LogP contribution < -0.4 is 0 Å². The molecule has 1 aromatic heterocycles. The first-order valence-corrected chi connectivity index (χ1v) is 8.32. The Bertz CT molecular complexity index is 966. The predicted octanol–water partition coefficient (Wildman–Crippen LogP) is 5.42. The van der Waals surface area contributed by atoms with E-state index in [1.165, 1.54) is 0 Å². The molecule has 0 aliphatic rings. The lowest BCUT2D eigenvalue weighted by atomic mass is 10.1. The smallest absolute Gasteiger partial charge is 0.340 e. The van der Waals surface area contributed by atoms with E-state index < -0.39 is 5.97 Å². The highest BCUT2D eigenvalue weighted by Crippen LogP contribution is 2.27. The molecule has 0 atom stereocenters. The van der Waals surface area contributed by atoms with E-state index in [1.54, 1.807) is 48.5 Å². The molecule has 2 aromatic carbocycles. The number of furan rings is 1. The number of nitrogens with zero attached hydrogens (tertiary/aromatic N) is 1. The SMILES string of the molecule is O=C(OCc1ccccc1Cl)c1cc(-c2ccc(/C=N/O)o2)ccc1Cl. The minimum atomic E-state index is -0.569. The molecule has 3 aromatic rings. The fourth-order valence-electron chi connectivity index (χ4n) is 2.31. The first kappa shape index (κ1) is 18.0. The lowest BCUT2D eigenvalue weighted by Gasteiger charge is -2.09. The van der Waals surface area contributed by atoms with Crippen molar-refractivity contribution in [2.24, 2.45) is 5.16 Å². The van der Waals surface area contributed by atoms with Gasteiger partial charge in [0.05, 0.1) is 10.6 Å². The molecule has 1 heterocycles. The molecule has 0 bridgehead atoms. The van der Waals surface area contributed by atoms with E-state index >= 15 is 0 Å². The first-order chi connectivity index (χ1) is 12.6. The van der Waals surface area contributed by atoms with Gasteiger partial charge < -0.3 is 14.4 Å². The zero-order valence-corrected chi connectivity index (χ0v) is 14.9. The Kier molecular flexibility index (Phi) is 5.61. The average Bonchev–Trinajstić information content (AvgIpc) is 3.10. The number of carbonyl (C=O) groups excluding carboxylic acids is 1. The van der Waals surface area contributed by atoms with Crippen LogP contribution in [0.5, 0.6) is 0 Å². The maximum atomic E-state index is 12.4. The summed E-state index contributed by atoms with van der Waals surface area (Å²) in [6.45, 7) is 0.0386. The number of ether oxygens (including phenoxy) is 1. The van der Waals surface area contributed by atoms with Gasteiger partial charge in [-0.2, -0.15) is 0 Å². The summed E-state index contributed by atoms with van der Waals surface area (Å²) < 4.78 is 10.8. The van der Waals surface area contributed by atoms with Gasteiger partial charge in [0.15, 0.2) is 0 Å². The van der Waals surface area contributed by atoms with Gasteiger partial charge in [0.25, 0.3) is 0 Å². The highest BCUT2D eigenvalue weighted by atomic mass is 35.5. The summed E-state index contributed by atoms with van der Waals surface area (Å²) in [5.74, 6) is 0.303. The third kappa shape index (κ3) is 4.07. The highest BCUT2D eigenvalue weighted by molar-refractivity contribution is 6.33. The fraction of sp³-hybridized carbons (Fsp3) is 0.0526. The number of hydrogen-bond acceptors (Lipinski definition) is 5. The number of halogens is 2. The number of esters is 1. The van der Waals surface area contributed by atoms with E-state index in [4.69, 9.17) is 37.6 Å². The molecule has 26 heavy (non-hydrogen) atoms. The Morgan fingerprint density at radius 3 is 2.69 bits per heavy atom. The van der Waals surface area contributed by atoms with Gasteiger partial charge in [-0.3, -0.25) is 0 Å². The van der Waals surface area contributed by atoms with Crippen molar-refractivity contribution < 1.29 is 19.2 Å². The Labute approximate surface area is 159 Å². The lowest BCUT2D eigenvalue weighted by Crippen LogP contribution is -2.06. The first-order valence-electron chi connectivity index (χ1n) is 7.56. The van der Waals surface area contributed by atoms with Crippen molar-refractivity contribution in [2.75, 3.05) is 0 Å². The second-order valence-corrected chi connectivity index (χ2v) is 6.12. The van der Waals surface area contributed by atoms with Gasteiger partial charge in [-0.1, -0.05) is 46.6 Å². The Hall–Kier alpha value is -2.76. The van der Waals surface area contributed by atoms with Crippen LogP contribution in [0.4, 0.5) is 0 Å². The van der Waals surface area contributed by atoms with E-state index in [9.17, 15) is 4.79 Å². The lowest BCUT2D eigenvalue weighted by molar-refractivity contribution is 0.0473.